The van der Waals surface area contributed by atoms with E-state index in [1.807, 2.05) is 0 Å². The average Bonchev–Trinajstić information content (AvgIpc) is 2.50. The summed E-state index contributed by atoms with van der Waals surface area (Å²) in [7, 11) is 0. The minimum Gasteiger partial charge on any atom is -0.330 e. The third kappa shape index (κ3) is 2.66. The highest BCUT2D eigenvalue weighted by Crippen LogP contribution is 2.35. The highest BCUT2D eigenvalue weighted by Gasteiger charge is 2.21. The van der Waals surface area contributed by atoms with Crippen LogP contribution >= 0.6 is 0 Å². The second-order valence-electron chi connectivity index (χ2n) is 2.94. The Labute approximate surface area is 56.9 Å². The SMILES string of the molecule is C=C(CCN)CC1CC1. The molecule has 52 valence electrons. The zero-order valence-electron chi connectivity index (χ0n) is 5.90. The van der Waals surface area contributed by atoms with Crippen LogP contribution in [0.1, 0.15) is 25.7 Å². The van der Waals surface area contributed by atoms with Crippen molar-refractivity contribution in [2.75, 3.05) is 6.54 Å². The quantitative estimate of drug-likeness (QED) is 0.568. The number of nitrogens with two attached hydrogens (primary N) is 1. The van der Waals surface area contributed by atoms with E-state index in [1.165, 1.54) is 24.8 Å². The zero-order valence-corrected chi connectivity index (χ0v) is 5.90. The molecule has 0 bridgehead atoms. The maximum Gasteiger partial charge on any atom is -0.00400 e. The summed E-state index contributed by atoms with van der Waals surface area (Å²) in [6.07, 6.45) is 5.10. The van der Waals surface area contributed by atoms with Gasteiger partial charge in [0.2, 0.25) is 0 Å². The molecule has 0 heterocycles. The Morgan fingerprint density at radius 2 is 2.22 bits per heavy atom. The van der Waals surface area contributed by atoms with Crippen molar-refractivity contribution in [2.45, 2.75) is 25.7 Å². The lowest BCUT2D eigenvalue weighted by molar-refractivity contribution is 0.773. The molecule has 1 aliphatic carbocycles. The van der Waals surface area contributed by atoms with E-state index in [0.717, 1.165) is 18.9 Å². The van der Waals surface area contributed by atoms with Crippen LogP contribution in [0.2, 0.25) is 0 Å². The van der Waals surface area contributed by atoms with Crippen molar-refractivity contribution in [3.8, 4) is 0 Å². The summed E-state index contributed by atoms with van der Waals surface area (Å²) in [5, 5.41) is 0. The predicted octanol–water partition coefficient (Wildman–Crippen LogP) is 1.69. The minimum absolute atomic E-state index is 0.769. The lowest BCUT2D eigenvalue weighted by atomic mass is 10.1. The van der Waals surface area contributed by atoms with Gasteiger partial charge in [0.05, 0.1) is 0 Å². The van der Waals surface area contributed by atoms with Gasteiger partial charge in [0.1, 0.15) is 0 Å². The molecule has 0 aromatic heterocycles. The summed E-state index contributed by atoms with van der Waals surface area (Å²) in [6, 6.07) is 0. The normalized spacial score (nSPS) is 17.9. The molecule has 1 saturated carbocycles. The van der Waals surface area contributed by atoms with Gasteiger partial charge in [-0.15, -0.1) is 0 Å². The van der Waals surface area contributed by atoms with Gasteiger partial charge in [-0.3, -0.25) is 0 Å². The lowest BCUT2D eigenvalue weighted by Crippen LogP contribution is -1.99. The topological polar surface area (TPSA) is 26.0 Å². The molecule has 0 amide bonds. The summed E-state index contributed by atoms with van der Waals surface area (Å²) in [5.74, 6) is 0.976. The van der Waals surface area contributed by atoms with Crippen molar-refractivity contribution in [3.63, 3.8) is 0 Å². The first-order chi connectivity index (χ1) is 4.33. The van der Waals surface area contributed by atoms with E-state index < -0.39 is 0 Å². The first kappa shape index (κ1) is 6.81. The Kier molecular flexibility index (Phi) is 2.29. The molecule has 9 heavy (non-hydrogen) atoms. The van der Waals surface area contributed by atoms with Gasteiger partial charge in [-0.25, -0.2) is 0 Å². The largest absolute Gasteiger partial charge is 0.330 e. The van der Waals surface area contributed by atoms with E-state index >= 15 is 0 Å². The van der Waals surface area contributed by atoms with E-state index in [4.69, 9.17) is 5.73 Å². The van der Waals surface area contributed by atoms with Gasteiger partial charge >= 0.3 is 0 Å². The zero-order chi connectivity index (χ0) is 6.69. The molecule has 0 unspecified atom stereocenters. The van der Waals surface area contributed by atoms with Crippen molar-refractivity contribution >= 4 is 0 Å². The summed E-state index contributed by atoms with van der Waals surface area (Å²) in [6.45, 7) is 4.71. The second kappa shape index (κ2) is 3.02. The van der Waals surface area contributed by atoms with Gasteiger partial charge in [0, 0.05) is 0 Å². The average molecular weight is 125 g/mol. The summed E-state index contributed by atoms with van der Waals surface area (Å²) >= 11 is 0. The maximum atomic E-state index is 5.36. The van der Waals surface area contributed by atoms with Crippen molar-refractivity contribution in [1.82, 2.24) is 0 Å². The van der Waals surface area contributed by atoms with Gasteiger partial charge < -0.3 is 5.73 Å². The molecule has 0 radical (unpaired) electrons. The number of rotatable bonds is 4. The Hall–Kier alpha value is -0.300. The molecule has 0 spiro atoms. The summed E-state index contributed by atoms with van der Waals surface area (Å²) < 4.78 is 0. The number of hydrogen-bond donors (Lipinski definition) is 1. The van der Waals surface area contributed by atoms with Crippen LogP contribution in [0.25, 0.3) is 0 Å². The van der Waals surface area contributed by atoms with E-state index in [2.05, 4.69) is 6.58 Å². The lowest BCUT2D eigenvalue weighted by Gasteiger charge is -1.99. The minimum atomic E-state index is 0.769. The predicted molar refractivity (Wildman–Crippen MR) is 40.2 cm³/mol. The first-order valence-electron chi connectivity index (χ1n) is 3.69. The molecule has 0 aromatic rings. The maximum absolute atomic E-state index is 5.36. The molecule has 2 N–H and O–H groups in total. The highest BCUT2D eigenvalue weighted by atomic mass is 14.5. The van der Waals surface area contributed by atoms with E-state index in [-0.39, 0.29) is 0 Å². The van der Waals surface area contributed by atoms with Crippen molar-refractivity contribution < 1.29 is 0 Å². The fourth-order valence-corrected chi connectivity index (χ4v) is 1.04. The van der Waals surface area contributed by atoms with E-state index in [0.29, 0.717) is 0 Å². The molecule has 0 aliphatic heterocycles. The molecule has 0 atom stereocenters. The van der Waals surface area contributed by atoms with Gasteiger partial charge in [-0.2, -0.15) is 0 Å². The molecule has 1 aliphatic rings. The smallest absolute Gasteiger partial charge is 0.00400 e. The van der Waals surface area contributed by atoms with Gasteiger partial charge in [0.15, 0.2) is 0 Å². The Morgan fingerprint density at radius 3 is 2.67 bits per heavy atom. The van der Waals surface area contributed by atoms with Gasteiger partial charge in [-0.1, -0.05) is 12.2 Å². The van der Waals surface area contributed by atoms with Crippen molar-refractivity contribution in [3.05, 3.63) is 12.2 Å². The molecule has 1 rings (SSSR count). The van der Waals surface area contributed by atoms with Crippen LogP contribution in [-0.4, -0.2) is 6.54 Å². The molecule has 1 heteroatoms. The molecule has 0 saturated heterocycles. The van der Waals surface area contributed by atoms with Crippen LogP contribution in [0.15, 0.2) is 12.2 Å². The standard InChI is InChI=1S/C8H15N/c1-7(4-5-9)6-8-2-3-8/h8H,1-6,9H2. The molecular formula is C8H15N. The monoisotopic (exact) mass is 125 g/mol. The van der Waals surface area contributed by atoms with Crippen LogP contribution in [0.3, 0.4) is 0 Å². The van der Waals surface area contributed by atoms with Crippen LogP contribution in [0.5, 0.6) is 0 Å². The highest BCUT2D eigenvalue weighted by molar-refractivity contribution is 4.98. The Balaban J connectivity index is 2.02. The third-order valence-corrected chi connectivity index (χ3v) is 1.77. The number of hydrogen-bond acceptors (Lipinski definition) is 1. The fraction of sp³-hybridized carbons (Fsp3) is 0.750. The Morgan fingerprint density at radius 1 is 1.56 bits per heavy atom. The molecule has 0 aromatic carbocycles. The van der Waals surface area contributed by atoms with E-state index in [9.17, 15) is 0 Å². The van der Waals surface area contributed by atoms with Gasteiger partial charge in [0.25, 0.3) is 0 Å². The molecule has 1 fully saturated rings. The third-order valence-electron chi connectivity index (χ3n) is 1.77. The molecular weight excluding hydrogens is 110 g/mol. The first-order valence-corrected chi connectivity index (χ1v) is 3.69. The van der Waals surface area contributed by atoms with Crippen LogP contribution in [-0.2, 0) is 0 Å². The van der Waals surface area contributed by atoms with Crippen molar-refractivity contribution in [2.24, 2.45) is 11.7 Å². The second-order valence-corrected chi connectivity index (χ2v) is 2.94. The van der Waals surface area contributed by atoms with Crippen molar-refractivity contribution in [1.29, 1.82) is 0 Å². The summed E-state index contributed by atoms with van der Waals surface area (Å²) in [4.78, 5) is 0. The fourth-order valence-electron chi connectivity index (χ4n) is 1.04. The van der Waals surface area contributed by atoms with E-state index in [1.54, 1.807) is 0 Å². The summed E-state index contributed by atoms with van der Waals surface area (Å²) in [5.41, 5.74) is 6.71. The van der Waals surface area contributed by atoms with Crippen LogP contribution < -0.4 is 5.73 Å². The van der Waals surface area contributed by atoms with Crippen LogP contribution in [0.4, 0.5) is 0 Å². The molecule has 1 nitrogen and oxygen atoms in total. The Bertz CT molecular complexity index is 103. The van der Waals surface area contributed by atoms with Gasteiger partial charge in [-0.05, 0) is 38.1 Å². The van der Waals surface area contributed by atoms with Crippen LogP contribution in [0, 0.1) is 5.92 Å².